The zero-order chi connectivity index (χ0) is 26.9. The molecule has 0 saturated heterocycles. The lowest BCUT2D eigenvalue weighted by atomic mass is 9.92. The molecule has 1 aliphatic carbocycles. The van der Waals surface area contributed by atoms with Crippen molar-refractivity contribution in [2.45, 2.75) is 64.2 Å². The summed E-state index contributed by atoms with van der Waals surface area (Å²) < 4.78 is 30.4. The predicted molar refractivity (Wildman–Crippen MR) is 152 cm³/mol. The summed E-state index contributed by atoms with van der Waals surface area (Å²) in [5, 5.41) is 8.22. The van der Waals surface area contributed by atoms with Crippen LogP contribution in [0, 0.1) is 6.92 Å². The highest BCUT2D eigenvalue weighted by molar-refractivity contribution is 7.89. The van der Waals surface area contributed by atoms with Crippen LogP contribution in [0.25, 0.3) is 15.3 Å². The van der Waals surface area contributed by atoms with Gasteiger partial charge in [0.05, 0.1) is 20.8 Å². The first-order valence-electron chi connectivity index (χ1n) is 13.2. The molecule has 0 saturated carbocycles. The Balaban J connectivity index is 1.38. The number of hydrogen-bond acceptors (Lipinski definition) is 6. The number of rotatable bonds is 9. The number of nitrogens with zero attached hydrogens (tertiary/aromatic N) is 4. The second kappa shape index (κ2) is 11.0. The third-order valence-electron chi connectivity index (χ3n) is 6.80. The average molecular weight is 552 g/mol. The van der Waals surface area contributed by atoms with E-state index in [1.165, 1.54) is 40.4 Å². The van der Waals surface area contributed by atoms with Crippen molar-refractivity contribution in [2.24, 2.45) is 0 Å². The fourth-order valence-corrected chi connectivity index (χ4v) is 7.54. The molecule has 0 radical (unpaired) electrons. The number of fused-ring (bicyclic) bond motifs is 2. The number of aryl methyl sites for hydroxylation is 3. The minimum Gasteiger partial charge on any atom is -0.306 e. The number of carbonyl (C=O) groups is 1. The molecule has 0 atom stereocenters. The molecule has 10 heteroatoms. The summed E-state index contributed by atoms with van der Waals surface area (Å²) in [6.07, 6.45) is 6.12. The van der Waals surface area contributed by atoms with Gasteiger partial charge in [0.2, 0.25) is 15.2 Å². The van der Waals surface area contributed by atoms with Crippen LogP contribution >= 0.6 is 11.3 Å². The Morgan fingerprint density at radius 2 is 1.68 bits per heavy atom. The predicted octanol–water partition coefficient (Wildman–Crippen LogP) is 5.73. The van der Waals surface area contributed by atoms with Crippen LogP contribution in [0.1, 0.15) is 66.7 Å². The van der Waals surface area contributed by atoms with Gasteiger partial charge < -0.3 is 5.32 Å². The second-order valence-corrected chi connectivity index (χ2v) is 12.7. The third-order valence-corrected chi connectivity index (χ3v) is 9.70. The van der Waals surface area contributed by atoms with Gasteiger partial charge in [-0.2, -0.15) is 14.1 Å². The number of sulfonamides is 1. The molecular formula is C28H33N5O3S2. The maximum atomic E-state index is 13.1. The van der Waals surface area contributed by atoms with E-state index >= 15 is 0 Å². The van der Waals surface area contributed by atoms with Gasteiger partial charge in [-0.1, -0.05) is 25.2 Å². The number of nitrogens with one attached hydrogen (secondary N) is 1. The maximum Gasteiger partial charge on any atom is 0.256 e. The summed E-state index contributed by atoms with van der Waals surface area (Å²) >= 11 is 1.56. The molecule has 8 nitrogen and oxygen atoms in total. The number of aromatic nitrogens is 3. The molecule has 2 heterocycles. The summed E-state index contributed by atoms with van der Waals surface area (Å²) in [5.41, 5.74) is 4.86. The lowest BCUT2D eigenvalue weighted by Crippen LogP contribution is -2.32. The van der Waals surface area contributed by atoms with Gasteiger partial charge in [-0.05, 0) is 93.0 Å². The van der Waals surface area contributed by atoms with Gasteiger partial charge in [0.1, 0.15) is 5.82 Å². The number of hydrogen-bond donors (Lipinski definition) is 1. The Morgan fingerprint density at radius 1 is 1.03 bits per heavy atom. The van der Waals surface area contributed by atoms with Crippen LogP contribution in [-0.4, -0.2) is 46.5 Å². The Bertz CT molecular complexity index is 1520. The van der Waals surface area contributed by atoms with Gasteiger partial charge in [0.25, 0.3) is 5.91 Å². The van der Waals surface area contributed by atoms with E-state index in [0.717, 1.165) is 41.6 Å². The fourth-order valence-electron chi connectivity index (χ4n) is 4.94. The summed E-state index contributed by atoms with van der Waals surface area (Å²) in [6, 6.07) is 12.3. The monoisotopic (exact) mass is 551 g/mol. The smallest absolute Gasteiger partial charge is 0.256 e. The van der Waals surface area contributed by atoms with Crippen molar-refractivity contribution in [1.82, 2.24) is 19.1 Å². The SMILES string of the molecule is CCCN(CCC)S(=O)(=O)c1ccc(C(=O)Nc2cc(C)nn2-c2nc3cc4c(cc3s2)CCCC4)cc1. The van der Waals surface area contributed by atoms with E-state index in [1.54, 1.807) is 34.2 Å². The van der Waals surface area contributed by atoms with Gasteiger partial charge in [-0.3, -0.25) is 4.79 Å². The molecule has 1 N–H and O–H groups in total. The van der Waals surface area contributed by atoms with Crippen molar-refractivity contribution in [1.29, 1.82) is 0 Å². The number of benzene rings is 2. The van der Waals surface area contributed by atoms with Crippen molar-refractivity contribution in [3.8, 4) is 5.13 Å². The summed E-state index contributed by atoms with van der Waals surface area (Å²) in [5.74, 6) is 0.177. The second-order valence-electron chi connectivity index (χ2n) is 9.76. The van der Waals surface area contributed by atoms with Crippen LogP contribution < -0.4 is 5.32 Å². The number of thiazole rings is 1. The standard InChI is InChI=1S/C28H33N5O3S2/c1-4-14-32(15-5-2)38(35,36)23-12-10-20(11-13-23)27(34)30-26-16-19(3)31-33(26)28-29-24-17-21-8-6-7-9-22(21)18-25(24)37-28/h10-13,16-18H,4-9,14-15H2,1-3H3,(H,30,34). The Kier molecular flexibility index (Phi) is 7.65. The quantitative estimate of drug-likeness (QED) is 0.286. The van der Waals surface area contributed by atoms with Crippen LogP contribution in [-0.2, 0) is 22.9 Å². The van der Waals surface area contributed by atoms with E-state index in [2.05, 4.69) is 22.5 Å². The molecule has 2 aromatic heterocycles. The normalized spacial score (nSPS) is 13.7. The van der Waals surface area contributed by atoms with E-state index in [-0.39, 0.29) is 10.8 Å². The van der Waals surface area contributed by atoms with Gasteiger partial charge in [0.15, 0.2) is 0 Å². The molecule has 0 unspecified atom stereocenters. The molecule has 1 amide bonds. The minimum atomic E-state index is -3.60. The Hall–Kier alpha value is -3.08. The zero-order valence-electron chi connectivity index (χ0n) is 22.0. The van der Waals surface area contributed by atoms with Crippen LogP contribution in [0.5, 0.6) is 0 Å². The van der Waals surface area contributed by atoms with Gasteiger partial charge >= 0.3 is 0 Å². The lowest BCUT2D eigenvalue weighted by Gasteiger charge is -2.21. The van der Waals surface area contributed by atoms with E-state index in [1.807, 2.05) is 20.8 Å². The largest absolute Gasteiger partial charge is 0.306 e. The van der Waals surface area contributed by atoms with Crippen molar-refractivity contribution in [3.05, 3.63) is 64.8 Å². The molecule has 2 aromatic carbocycles. The van der Waals surface area contributed by atoms with Crippen molar-refractivity contribution in [3.63, 3.8) is 0 Å². The number of amides is 1. The first-order valence-corrected chi connectivity index (χ1v) is 15.5. The van der Waals surface area contributed by atoms with Crippen molar-refractivity contribution in [2.75, 3.05) is 18.4 Å². The van der Waals surface area contributed by atoms with Crippen molar-refractivity contribution >= 4 is 43.3 Å². The first-order chi connectivity index (χ1) is 18.3. The topological polar surface area (TPSA) is 97.2 Å². The molecular weight excluding hydrogens is 518 g/mol. The Labute approximate surface area is 227 Å². The molecule has 38 heavy (non-hydrogen) atoms. The van der Waals surface area contributed by atoms with Gasteiger partial charge in [-0.25, -0.2) is 13.4 Å². The maximum absolute atomic E-state index is 13.1. The number of anilines is 1. The average Bonchev–Trinajstić information content (AvgIpc) is 3.49. The summed E-state index contributed by atoms with van der Waals surface area (Å²) in [6.45, 7) is 6.72. The highest BCUT2D eigenvalue weighted by atomic mass is 32.2. The van der Waals surface area contributed by atoms with Crippen LogP contribution in [0.15, 0.2) is 47.4 Å². The zero-order valence-corrected chi connectivity index (χ0v) is 23.7. The fraction of sp³-hybridized carbons (Fsp3) is 0.393. The van der Waals surface area contributed by atoms with E-state index < -0.39 is 10.0 Å². The van der Waals surface area contributed by atoms with Gasteiger partial charge in [0, 0.05) is 24.7 Å². The molecule has 1 aliphatic rings. The minimum absolute atomic E-state index is 0.189. The molecule has 0 bridgehead atoms. The van der Waals surface area contributed by atoms with Crippen LogP contribution in [0.4, 0.5) is 5.82 Å². The molecule has 5 rings (SSSR count). The molecule has 0 fully saturated rings. The van der Waals surface area contributed by atoms with Crippen molar-refractivity contribution < 1.29 is 13.2 Å². The lowest BCUT2D eigenvalue weighted by molar-refractivity contribution is 0.102. The highest BCUT2D eigenvalue weighted by Crippen LogP contribution is 2.32. The summed E-state index contributed by atoms with van der Waals surface area (Å²) in [7, 11) is -3.60. The first kappa shape index (κ1) is 26.5. The molecule has 4 aromatic rings. The van der Waals surface area contributed by atoms with Crippen LogP contribution in [0.2, 0.25) is 0 Å². The highest BCUT2D eigenvalue weighted by Gasteiger charge is 2.24. The molecule has 0 aliphatic heterocycles. The van der Waals surface area contributed by atoms with Gasteiger partial charge in [-0.15, -0.1) is 0 Å². The number of carbonyl (C=O) groups excluding carboxylic acids is 1. The molecule has 200 valence electrons. The summed E-state index contributed by atoms with van der Waals surface area (Å²) in [4.78, 5) is 18.1. The van der Waals surface area contributed by atoms with E-state index in [4.69, 9.17) is 4.98 Å². The Morgan fingerprint density at radius 3 is 2.34 bits per heavy atom. The third kappa shape index (κ3) is 5.25. The molecule has 0 spiro atoms. The van der Waals surface area contributed by atoms with E-state index in [0.29, 0.717) is 29.6 Å². The van der Waals surface area contributed by atoms with E-state index in [9.17, 15) is 13.2 Å². The van der Waals surface area contributed by atoms with Crippen LogP contribution in [0.3, 0.4) is 0 Å².